The molecule has 0 amide bonds. The highest BCUT2D eigenvalue weighted by molar-refractivity contribution is 5.69. The lowest BCUT2D eigenvalue weighted by atomic mass is 10.1. The predicted octanol–water partition coefficient (Wildman–Crippen LogP) is 3.28. The van der Waals surface area contributed by atoms with E-state index in [-0.39, 0.29) is 5.97 Å². The van der Waals surface area contributed by atoms with E-state index in [1.807, 2.05) is 6.92 Å². The number of unbranched alkanes of at least 4 members (excludes halogenated alkanes) is 2. The van der Waals surface area contributed by atoms with E-state index in [4.69, 9.17) is 4.74 Å². The Morgan fingerprint density at radius 2 is 2.24 bits per heavy atom. The molecule has 0 spiro atoms. The number of nitrogens with zero attached hydrogens (tertiary/aromatic N) is 1. The molecule has 0 aliphatic heterocycles. The molecular formula is C17H28N2O2. The molecule has 1 aromatic heterocycles. The summed E-state index contributed by atoms with van der Waals surface area (Å²) in [6, 6.07) is 2.76. The van der Waals surface area contributed by atoms with Crippen LogP contribution in [0, 0.1) is 5.92 Å². The summed E-state index contributed by atoms with van der Waals surface area (Å²) in [4.78, 5) is 11.2. The molecule has 1 N–H and O–H groups in total. The SMILES string of the molecule is CCOC(=O)CCCCCn1ccc(C(NC)C2CC2)c1. The van der Waals surface area contributed by atoms with Crippen molar-refractivity contribution in [2.24, 2.45) is 5.92 Å². The second kappa shape index (κ2) is 8.23. The van der Waals surface area contributed by atoms with E-state index in [1.54, 1.807) is 0 Å². The smallest absolute Gasteiger partial charge is 0.305 e. The summed E-state index contributed by atoms with van der Waals surface area (Å²) in [5, 5.41) is 3.43. The molecule has 1 aliphatic rings. The van der Waals surface area contributed by atoms with Crippen LogP contribution >= 0.6 is 0 Å². The zero-order valence-electron chi connectivity index (χ0n) is 13.3. The first-order valence-corrected chi connectivity index (χ1v) is 8.23. The number of esters is 1. The minimum atomic E-state index is -0.0676. The Morgan fingerprint density at radius 1 is 1.43 bits per heavy atom. The van der Waals surface area contributed by atoms with E-state index in [0.717, 1.165) is 31.7 Å². The van der Waals surface area contributed by atoms with Crippen LogP contribution in [-0.4, -0.2) is 24.2 Å². The first-order chi connectivity index (χ1) is 10.2. The van der Waals surface area contributed by atoms with Crippen LogP contribution in [0.1, 0.15) is 57.1 Å². The van der Waals surface area contributed by atoms with E-state index in [2.05, 4.69) is 35.4 Å². The summed E-state index contributed by atoms with van der Waals surface area (Å²) in [6.45, 7) is 3.37. The molecule has 4 nitrogen and oxygen atoms in total. The van der Waals surface area contributed by atoms with E-state index in [9.17, 15) is 4.79 Å². The Labute approximate surface area is 127 Å². The van der Waals surface area contributed by atoms with Crippen molar-refractivity contribution in [1.82, 2.24) is 9.88 Å². The first kappa shape index (κ1) is 16.1. The van der Waals surface area contributed by atoms with Crippen LogP contribution in [-0.2, 0) is 16.1 Å². The maximum atomic E-state index is 11.2. The molecule has 1 fully saturated rings. The molecule has 118 valence electrons. The van der Waals surface area contributed by atoms with Crippen molar-refractivity contribution in [2.75, 3.05) is 13.7 Å². The number of ether oxygens (including phenoxy) is 1. The monoisotopic (exact) mass is 292 g/mol. The average molecular weight is 292 g/mol. The molecule has 1 unspecified atom stereocenters. The number of carbonyl (C=O) groups is 1. The van der Waals surface area contributed by atoms with Crippen molar-refractivity contribution in [3.05, 3.63) is 24.0 Å². The van der Waals surface area contributed by atoms with Gasteiger partial charge in [0.05, 0.1) is 6.61 Å². The van der Waals surface area contributed by atoms with Crippen LogP contribution in [0.15, 0.2) is 18.5 Å². The van der Waals surface area contributed by atoms with Crippen molar-refractivity contribution < 1.29 is 9.53 Å². The van der Waals surface area contributed by atoms with Crippen molar-refractivity contribution in [1.29, 1.82) is 0 Å². The van der Waals surface area contributed by atoms with Crippen molar-refractivity contribution >= 4 is 5.97 Å². The maximum absolute atomic E-state index is 11.2. The average Bonchev–Trinajstić information content (AvgIpc) is 3.19. The van der Waals surface area contributed by atoms with Gasteiger partial charge in [-0.25, -0.2) is 0 Å². The highest BCUT2D eigenvalue weighted by Crippen LogP contribution is 2.40. The summed E-state index contributed by atoms with van der Waals surface area (Å²) in [6.07, 6.45) is 10.8. The molecule has 0 saturated heterocycles. The highest BCUT2D eigenvalue weighted by Gasteiger charge is 2.31. The van der Waals surface area contributed by atoms with Gasteiger partial charge < -0.3 is 14.6 Å². The Bertz CT molecular complexity index is 438. The van der Waals surface area contributed by atoms with E-state index >= 15 is 0 Å². The fraction of sp³-hybridized carbons (Fsp3) is 0.706. The zero-order chi connectivity index (χ0) is 15.1. The molecule has 1 aliphatic carbocycles. The highest BCUT2D eigenvalue weighted by atomic mass is 16.5. The lowest BCUT2D eigenvalue weighted by Crippen LogP contribution is -2.17. The number of nitrogens with one attached hydrogen (secondary N) is 1. The van der Waals surface area contributed by atoms with Crippen molar-refractivity contribution in [3.63, 3.8) is 0 Å². The third-order valence-electron chi connectivity index (χ3n) is 4.14. The summed E-state index contributed by atoms with van der Waals surface area (Å²) in [7, 11) is 2.05. The molecule has 21 heavy (non-hydrogen) atoms. The standard InChI is InChI=1S/C17H28N2O2/c1-3-21-16(20)7-5-4-6-11-19-12-10-15(13-19)17(18-2)14-8-9-14/h10,12-14,17-18H,3-9,11H2,1-2H3. The van der Waals surface area contributed by atoms with Crippen molar-refractivity contribution in [3.8, 4) is 0 Å². The molecule has 1 aromatic rings. The molecule has 1 atom stereocenters. The van der Waals surface area contributed by atoms with Gasteiger partial charge in [0.25, 0.3) is 0 Å². The number of aryl methyl sites for hydroxylation is 1. The third-order valence-corrected chi connectivity index (χ3v) is 4.14. The number of hydrogen-bond donors (Lipinski definition) is 1. The molecule has 4 heteroatoms. The fourth-order valence-electron chi connectivity index (χ4n) is 2.86. The van der Waals surface area contributed by atoms with E-state index in [1.165, 1.54) is 18.4 Å². The minimum Gasteiger partial charge on any atom is -0.466 e. The Hall–Kier alpha value is -1.29. The summed E-state index contributed by atoms with van der Waals surface area (Å²) in [5.74, 6) is 0.762. The van der Waals surface area contributed by atoms with Gasteiger partial charge in [-0.1, -0.05) is 6.42 Å². The molecule has 1 heterocycles. The maximum Gasteiger partial charge on any atom is 0.305 e. The van der Waals surface area contributed by atoms with Gasteiger partial charge in [0.15, 0.2) is 0 Å². The van der Waals surface area contributed by atoms with Crippen molar-refractivity contribution in [2.45, 2.75) is 58.0 Å². The Morgan fingerprint density at radius 3 is 2.90 bits per heavy atom. The van der Waals surface area contributed by atoms with E-state index in [0.29, 0.717) is 19.1 Å². The summed E-state index contributed by atoms with van der Waals surface area (Å²) < 4.78 is 7.20. The Balaban J connectivity index is 1.65. The molecule has 1 saturated carbocycles. The summed E-state index contributed by atoms with van der Waals surface area (Å²) in [5.41, 5.74) is 1.41. The molecule has 0 radical (unpaired) electrons. The van der Waals surface area contributed by atoms with Crippen LogP contribution in [0.4, 0.5) is 0 Å². The van der Waals surface area contributed by atoms with Gasteiger partial charge in [-0.2, -0.15) is 0 Å². The lowest BCUT2D eigenvalue weighted by molar-refractivity contribution is -0.143. The molecular weight excluding hydrogens is 264 g/mol. The number of rotatable bonds is 10. The van der Waals surface area contributed by atoms with Gasteiger partial charge in [0.2, 0.25) is 0 Å². The largest absolute Gasteiger partial charge is 0.466 e. The van der Waals surface area contributed by atoms with Gasteiger partial charge in [0, 0.05) is 31.4 Å². The second-order valence-electron chi connectivity index (χ2n) is 5.90. The zero-order valence-corrected chi connectivity index (χ0v) is 13.3. The van der Waals surface area contributed by atoms with Crippen LogP contribution in [0.25, 0.3) is 0 Å². The fourth-order valence-corrected chi connectivity index (χ4v) is 2.86. The first-order valence-electron chi connectivity index (χ1n) is 8.23. The minimum absolute atomic E-state index is 0.0676. The Kier molecular flexibility index (Phi) is 6.30. The number of hydrogen-bond acceptors (Lipinski definition) is 3. The van der Waals surface area contributed by atoms with Gasteiger partial charge in [-0.05, 0) is 57.2 Å². The second-order valence-corrected chi connectivity index (χ2v) is 5.90. The topological polar surface area (TPSA) is 43.3 Å². The molecule has 0 aromatic carbocycles. The third kappa shape index (κ3) is 5.20. The van der Waals surface area contributed by atoms with Gasteiger partial charge in [-0.15, -0.1) is 0 Å². The normalized spacial score (nSPS) is 15.9. The van der Waals surface area contributed by atoms with Crippen LogP contribution < -0.4 is 5.32 Å². The molecule has 2 rings (SSSR count). The quantitative estimate of drug-likeness (QED) is 0.531. The predicted molar refractivity (Wildman–Crippen MR) is 84.1 cm³/mol. The van der Waals surface area contributed by atoms with Gasteiger partial charge >= 0.3 is 5.97 Å². The van der Waals surface area contributed by atoms with Crippen LogP contribution in [0.5, 0.6) is 0 Å². The molecule has 0 bridgehead atoms. The lowest BCUT2D eigenvalue weighted by Gasteiger charge is -2.13. The van der Waals surface area contributed by atoms with Gasteiger partial charge in [-0.3, -0.25) is 4.79 Å². The summed E-state index contributed by atoms with van der Waals surface area (Å²) >= 11 is 0. The number of aromatic nitrogens is 1. The number of carbonyl (C=O) groups excluding carboxylic acids is 1. The van der Waals surface area contributed by atoms with Gasteiger partial charge in [0.1, 0.15) is 0 Å². The van der Waals surface area contributed by atoms with E-state index < -0.39 is 0 Å². The van der Waals surface area contributed by atoms with Crippen LogP contribution in [0.2, 0.25) is 0 Å². The van der Waals surface area contributed by atoms with Crippen LogP contribution in [0.3, 0.4) is 0 Å².